The van der Waals surface area contributed by atoms with Gasteiger partial charge in [-0.15, -0.1) is 0 Å². The Balaban J connectivity index is 1.95. The summed E-state index contributed by atoms with van der Waals surface area (Å²) in [5, 5.41) is 24.7. The number of hydroxylamine groups is 2. The Kier molecular flexibility index (Phi) is 5.81. The van der Waals surface area contributed by atoms with Gasteiger partial charge >= 0.3 is 0 Å². The van der Waals surface area contributed by atoms with Gasteiger partial charge in [-0.1, -0.05) is 47.5 Å². The molecule has 0 bridgehead atoms. The molecule has 0 amide bonds. The van der Waals surface area contributed by atoms with Gasteiger partial charge in [0, 0.05) is 21.2 Å². The molecule has 114 valence electrons. The molecule has 0 aliphatic heterocycles. The Morgan fingerprint density at radius 1 is 0.682 bits per heavy atom. The maximum Gasteiger partial charge on any atom is 0.240 e. The predicted octanol–water partition coefficient (Wildman–Crippen LogP) is 3.86. The van der Waals surface area contributed by atoms with E-state index in [2.05, 4.69) is 0 Å². The molecule has 0 spiro atoms. The SMILES string of the molecule is [O-]/[N+](=C\C=[N+](/[O-])Cc1ccc(Cl)cc1)Cc1ccc(Cl)cc1. The first-order valence-corrected chi connectivity index (χ1v) is 7.33. The van der Waals surface area contributed by atoms with Gasteiger partial charge in [0.15, 0.2) is 13.1 Å². The zero-order valence-corrected chi connectivity index (χ0v) is 13.2. The molecule has 0 heterocycles. The van der Waals surface area contributed by atoms with Gasteiger partial charge in [-0.25, -0.2) is 9.48 Å². The van der Waals surface area contributed by atoms with Crippen LogP contribution in [0.4, 0.5) is 0 Å². The van der Waals surface area contributed by atoms with Crippen molar-refractivity contribution in [3.05, 3.63) is 80.1 Å². The summed E-state index contributed by atoms with van der Waals surface area (Å²) in [7, 11) is 0. The van der Waals surface area contributed by atoms with E-state index in [-0.39, 0.29) is 13.1 Å². The Morgan fingerprint density at radius 2 is 1.00 bits per heavy atom. The standard InChI is InChI=1S/C16H14Cl2N2O2/c17-15-5-1-13(2-6-15)11-19(21)9-10-20(22)12-14-3-7-16(18)8-4-14/h1-10H,11-12H2/b19-9-,20-10-. The molecule has 0 unspecified atom stereocenters. The van der Waals surface area contributed by atoms with Gasteiger partial charge in [-0.05, 0) is 24.3 Å². The Bertz CT molecular complexity index is 619. The van der Waals surface area contributed by atoms with Gasteiger partial charge in [0.1, 0.15) is 0 Å². The molecule has 4 nitrogen and oxygen atoms in total. The minimum Gasteiger partial charge on any atom is -0.623 e. The number of hydrogen-bond donors (Lipinski definition) is 0. The summed E-state index contributed by atoms with van der Waals surface area (Å²) in [6, 6.07) is 13.9. The van der Waals surface area contributed by atoms with E-state index >= 15 is 0 Å². The Hall–Kier alpha value is -2.04. The van der Waals surface area contributed by atoms with Gasteiger partial charge < -0.3 is 10.4 Å². The van der Waals surface area contributed by atoms with Crippen LogP contribution >= 0.6 is 23.2 Å². The molecule has 22 heavy (non-hydrogen) atoms. The van der Waals surface area contributed by atoms with E-state index in [1.165, 1.54) is 12.4 Å². The summed E-state index contributed by atoms with van der Waals surface area (Å²) in [5.74, 6) is 0. The molecule has 0 aliphatic rings. The minimum absolute atomic E-state index is 0.155. The molecule has 0 saturated carbocycles. The molecule has 0 saturated heterocycles. The molecule has 0 radical (unpaired) electrons. The lowest BCUT2D eigenvalue weighted by molar-refractivity contribution is -0.482. The summed E-state index contributed by atoms with van der Waals surface area (Å²) in [6.45, 7) is 0.310. The largest absolute Gasteiger partial charge is 0.623 e. The number of nitrogens with zero attached hydrogens (tertiary/aromatic N) is 2. The number of rotatable bonds is 5. The lowest BCUT2D eigenvalue weighted by Gasteiger charge is -2.04. The first-order valence-electron chi connectivity index (χ1n) is 6.58. The summed E-state index contributed by atoms with van der Waals surface area (Å²) >= 11 is 11.6. The zero-order valence-electron chi connectivity index (χ0n) is 11.7. The molecule has 0 atom stereocenters. The normalized spacial score (nSPS) is 12.5. The third-order valence-electron chi connectivity index (χ3n) is 2.90. The highest BCUT2D eigenvalue weighted by Crippen LogP contribution is 2.10. The van der Waals surface area contributed by atoms with Gasteiger partial charge in [-0.3, -0.25) is 0 Å². The number of halogens is 2. The molecule has 0 aromatic heterocycles. The van der Waals surface area contributed by atoms with Crippen molar-refractivity contribution >= 4 is 35.6 Å². The van der Waals surface area contributed by atoms with E-state index in [0.29, 0.717) is 19.5 Å². The highest BCUT2D eigenvalue weighted by molar-refractivity contribution is 6.30. The van der Waals surface area contributed by atoms with E-state index in [4.69, 9.17) is 23.2 Å². The lowest BCUT2D eigenvalue weighted by Crippen LogP contribution is -2.11. The Labute approximate surface area is 138 Å². The summed E-state index contributed by atoms with van der Waals surface area (Å²) in [6.07, 6.45) is 2.41. The van der Waals surface area contributed by atoms with Gasteiger partial charge in [0.25, 0.3) is 0 Å². The van der Waals surface area contributed by atoms with Crippen molar-refractivity contribution < 1.29 is 9.48 Å². The van der Waals surface area contributed by atoms with Crippen LogP contribution in [0.5, 0.6) is 0 Å². The van der Waals surface area contributed by atoms with Crippen LogP contribution in [-0.2, 0) is 13.1 Å². The minimum atomic E-state index is 0.155. The molecule has 2 rings (SSSR count). The van der Waals surface area contributed by atoms with Crippen LogP contribution in [0, 0.1) is 10.4 Å². The Morgan fingerprint density at radius 3 is 1.32 bits per heavy atom. The van der Waals surface area contributed by atoms with Gasteiger partial charge in [-0.2, -0.15) is 0 Å². The molecule has 0 fully saturated rings. The van der Waals surface area contributed by atoms with Gasteiger partial charge in [0.05, 0.1) is 0 Å². The second-order valence-corrected chi connectivity index (χ2v) is 5.57. The summed E-state index contributed by atoms with van der Waals surface area (Å²) in [5.41, 5.74) is 1.64. The molecule has 0 aliphatic carbocycles. The van der Waals surface area contributed by atoms with Crippen LogP contribution in [0.3, 0.4) is 0 Å². The van der Waals surface area contributed by atoms with Crippen molar-refractivity contribution in [2.45, 2.75) is 13.1 Å². The molecular formula is C16H14Cl2N2O2. The molecule has 2 aromatic rings. The van der Waals surface area contributed by atoms with E-state index in [1.807, 2.05) is 0 Å². The third kappa shape index (κ3) is 5.39. The predicted molar refractivity (Wildman–Crippen MR) is 89.7 cm³/mol. The van der Waals surface area contributed by atoms with Crippen LogP contribution in [0.15, 0.2) is 48.5 Å². The molecule has 2 aromatic carbocycles. The van der Waals surface area contributed by atoms with Crippen molar-refractivity contribution in [3.8, 4) is 0 Å². The van der Waals surface area contributed by atoms with Crippen molar-refractivity contribution in [1.82, 2.24) is 0 Å². The van der Waals surface area contributed by atoms with Crippen molar-refractivity contribution in [2.75, 3.05) is 0 Å². The second-order valence-electron chi connectivity index (χ2n) is 4.70. The number of benzene rings is 2. The van der Waals surface area contributed by atoms with Crippen molar-refractivity contribution in [3.63, 3.8) is 0 Å². The highest BCUT2D eigenvalue weighted by atomic mass is 35.5. The number of hydrogen-bond acceptors (Lipinski definition) is 2. The smallest absolute Gasteiger partial charge is 0.240 e. The van der Waals surface area contributed by atoms with Crippen molar-refractivity contribution in [2.24, 2.45) is 0 Å². The van der Waals surface area contributed by atoms with Gasteiger partial charge in [0.2, 0.25) is 12.4 Å². The van der Waals surface area contributed by atoms with Crippen LogP contribution in [-0.4, -0.2) is 21.9 Å². The van der Waals surface area contributed by atoms with Crippen LogP contribution in [0.2, 0.25) is 10.0 Å². The first-order chi connectivity index (χ1) is 10.5. The van der Waals surface area contributed by atoms with E-state index in [0.717, 1.165) is 11.1 Å². The monoisotopic (exact) mass is 336 g/mol. The quantitative estimate of drug-likeness (QED) is 0.360. The lowest BCUT2D eigenvalue weighted by atomic mass is 10.2. The average Bonchev–Trinajstić information content (AvgIpc) is 2.50. The maximum atomic E-state index is 11.7. The van der Waals surface area contributed by atoms with Crippen molar-refractivity contribution in [1.29, 1.82) is 0 Å². The van der Waals surface area contributed by atoms with Crippen LogP contribution in [0.25, 0.3) is 0 Å². The first kappa shape index (κ1) is 16.3. The topological polar surface area (TPSA) is 52.1 Å². The van der Waals surface area contributed by atoms with E-state index in [1.54, 1.807) is 48.5 Å². The highest BCUT2D eigenvalue weighted by Gasteiger charge is 2.01. The average molecular weight is 337 g/mol. The fourth-order valence-corrected chi connectivity index (χ4v) is 2.05. The third-order valence-corrected chi connectivity index (χ3v) is 3.41. The van der Waals surface area contributed by atoms with E-state index in [9.17, 15) is 10.4 Å². The fourth-order valence-electron chi connectivity index (χ4n) is 1.79. The van der Waals surface area contributed by atoms with Crippen LogP contribution in [0.1, 0.15) is 11.1 Å². The van der Waals surface area contributed by atoms with E-state index < -0.39 is 0 Å². The summed E-state index contributed by atoms with van der Waals surface area (Å²) < 4.78 is 1.38. The molecule has 6 heteroatoms. The maximum absolute atomic E-state index is 11.7. The molecular weight excluding hydrogens is 323 g/mol. The van der Waals surface area contributed by atoms with Crippen LogP contribution < -0.4 is 0 Å². The second kappa shape index (κ2) is 7.82. The molecule has 0 N–H and O–H groups in total. The summed E-state index contributed by atoms with van der Waals surface area (Å²) in [4.78, 5) is 0. The zero-order chi connectivity index (χ0) is 15.9. The fraction of sp³-hybridized carbons (Fsp3) is 0.125.